The average molecular weight is 713 g/mol. The number of rotatable bonds is 8. The number of H-pyrrole nitrogens is 2. The third-order valence-electron chi connectivity index (χ3n) is 8.03. The highest BCUT2D eigenvalue weighted by Gasteiger charge is 2.38. The van der Waals surface area contributed by atoms with Crippen molar-refractivity contribution in [2.24, 2.45) is 0 Å². The van der Waals surface area contributed by atoms with Gasteiger partial charge in [0.15, 0.2) is 0 Å². The Labute approximate surface area is 279 Å². The van der Waals surface area contributed by atoms with Crippen LogP contribution in [0.3, 0.4) is 0 Å². The molecule has 2 aliphatic rings. The molecule has 262 valence electrons. The van der Waals surface area contributed by atoms with Crippen molar-refractivity contribution in [3.05, 3.63) is 74.7 Å². The van der Waals surface area contributed by atoms with Gasteiger partial charge in [-0.3, -0.25) is 9.59 Å². The Balaban J connectivity index is 0.000000606. The number of benzene rings is 2. The highest BCUT2D eigenvalue weighted by atomic mass is 35.5. The van der Waals surface area contributed by atoms with E-state index in [1.54, 1.807) is 12.1 Å². The van der Waals surface area contributed by atoms with Gasteiger partial charge in [0.05, 0.1) is 16.7 Å². The number of fused-ring (bicyclic) bond motifs is 2. The van der Waals surface area contributed by atoms with Gasteiger partial charge in [-0.05, 0) is 56.7 Å². The molecule has 0 unspecified atom stereocenters. The summed E-state index contributed by atoms with van der Waals surface area (Å²) in [5.41, 5.74) is 3.00. The Morgan fingerprint density at radius 3 is 2.55 bits per heavy atom. The van der Waals surface area contributed by atoms with Gasteiger partial charge in [0, 0.05) is 43.0 Å². The number of alkyl halides is 3. The van der Waals surface area contributed by atoms with Crippen LogP contribution in [0.2, 0.25) is 5.02 Å². The van der Waals surface area contributed by atoms with E-state index in [9.17, 15) is 36.6 Å². The minimum atomic E-state index is -5.08. The normalized spacial score (nSPS) is 15.9. The van der Waals surface area contributed by atoms with Crippen LogP contribution in [0, 0.1) is 11.6 Å². The summed E-state index contributed by atoms with van der Waals surface area (Å²) < 4.78 is 64.2. The smallest absolute Gasteiger partial charge is 0.489 e. The van der Waals surface area contributed by atoms with Crippen molar-refractivity contribution in [2.75, 3.05) is 38.6 Å². The molecule has 2 aromatic heterocycles. The number of carbonyl (C=O) groups is 2. The number of aromatic nitrogens is 3. The summed E-state index contributed by atoms with van der Waals surface area (Å²) in [7, 11) is 2.09. The number of carboxylic acid groups (broad SMARTS) is 1. The number of aromatic amines is 2. The summed E-state index contributed by atoms with van der Waals surface area (Å²) in [4.78, 5) is 49.8. The second-order valence-electron chi connectivity index (χ2n) is 11.5. The fourth-order valence-electron chi connectivity index (χ4n) is 5.53. The van der Waals surface area contributed by atoms with Gasteiger partial charge in [-0.2, -0.15) is 13.2 Å². The molecule has 0 radical (unpaired) electrons. The number of halogens is 6. The van der Waals surface area contributed by atoms with Crippen LogP contribution < -0.4 is 15.6 Å². The van der Waals surface area contributed by atoms with Gasteiger partial charge in [0.25, 0.3) is 11.5 Å². The second-order valence-corrected chi connectivity index (χ2v) is 11.9. The van der Waals surface area contributed by atoms with Crippen LogP contribution in [0.5, 0.6) is 5.75 Å². The summed E-state index contributed by atoms with van der Waals surface area (Å²) in [5, 5.41) is 20.2. The van der Waals surface area contributed by atoms with E-state index in [4.69, 9.17) is 26.2 Å². The number of aliphatic carboxylic acids is 1. The maximum absolute atomic E-state index is 13.7. The zero-order chi connectivity index (χ0) is 35.6. The average Bonchev–Trinajstić information content (AvgIpc) is 3.59. The number of carbonyl (C=O) groups excluding carboxylic acids is 1. The number of piperidine rings is 1. The van der Waals surface area contributed by atoms with Crippen LogP contribution in [-0.4, -0.2) is 98.5 Å². The number of ether oxygens (including phenoxy) is 1. The lowest BCUT2D eigenvalue weighted by molar-refractivity contribution is -0.192. The number of aliphatic hydroxyl groups is 1. The van der Waals surface area contributed by atoms with E-state index in [1.807, 2.05) is 11.0 Å². The number of aliphatic hydroxyl groups excluding tert-OH is 1. The van der Waals surface area contributed by atoms with Gasteiger partial charge in [0.2, 0.25) is 0 Å². The molecule has 6 rings (SSSR count). The molecule has 0 spiro atoms. The monoisotopic (exact) mass is 712 g/mol. The molecule has 4 heterocycles. The van der Waals surface area contributed by atoms with Crippen LogP contribution in [0.4, 0.5) is 27.6 Å². The summed E-state index contributed by atoms with van der Waals surface area (Å²) in [6, 6.07) is 7.09. The van der Waals surface area contributed by atoms with Crippen molar-refractivity contribution >= 4 is 40.2 Å². The Morgan fingerprint density at radius 1 is 1.18 bits per heavy atom. The molecule has 0 saturated carbocycles. The Bertz CT molecular complexity index is 1930. The minimum Gasteiger partial charge on any atom is -0.489 e. The largest absolute Gasteiger partial charge is 0.490 e. The molecule has 49 heavy (non-hydrogen) atoms. The van der Waals surface area contributed by atoms with Crippen molar-refractivity contribution in [1.29, 1.82) is 0 Å². The minimum absolute atomic E-state index is 0.00407. The molecular formula is C31H30ClF5N6O6. The number of pyridine rings is 1. The van der Waals surface area contributed by atoms with Crippen molar-refractivity contribution in [3.63, 3.8) is 0 Å². The Hall–Kier alpha value is -4.74. The number of amides is 1. The van der Waals surface area contributed by atoms with Gasteiger partial charge >= 0.3 is 12.1 Å². The molecule has 1 fully saturated rings. The number of nitrogens with one attached hydrogen (secondary N) is 3. The van der Waals surface area contributed by atoms with Crippen LogP contribution in [0.15, 0.2) is 41.3 Å². The molecule has 2 aliphatic heterocycles. The quantitative estimate of drug-likeness (QED) is 0.132. The maximum Gasteiger partial charge on any atom is 0.490 e. The fraction of sp³-hybridized carbons (Fsp3) is 0.355. The van der Waals surface area contributed by atoms with E-state index in [0.717, 1.165) is 37.6 Å². The van der Waals surface area contributed by atoms with E-state index in [0.29, 0.717) is 40.7 Å². The van der Waals surface area contributed by atoms with Crippen molar-refractivity contribution in [1.82, 2.24) is 24.8 Å². The fourth-order valence-corrected chi connectivity index (χ4v) is 5.70. The molecule has 18 heteroatoms. The van der Waals surface area contributed by atoms with Crippen molar-refractivity contribution < 1.29 is 46.5 Å². The topological polar surface area (TPSA) is 164 Å². The maximum atomic E-state index is 13.7. The molecule has 4 aromatic rings. The third kappa shape index (κ3) is 8.12. The predicted octanol–water partition coefficient (Wildman–Crippen LogP) is 4.38. The number of carboxylic acids is 1. The Morgan fingerprint density at radius 2 is 1.88 bits per heavy atom. The lowest BCUT2D eigenvalue weighted by Gasteiger charge is -2.34. The lowest BCUT2D eigenvalue weighted by atomic mass is 10.0. The Kier molecular flexibility index (Phi) is 10.4. The zero-order valence-corrected chi connectivity index (χ0v) is 26.5. The highest BCUT2D eigenvalue weighted by molar-refractivity contribution is 6.32. The zero-order valence-electron chi connectivity index (χ0n) is 25.7. The number of imidazole rings is 1. The lowest BCUT2D eigenvalue weighted by Crippen LogP contribution is -2.43. The number of hydrogen-bond acceptors (Lipinski definition) is 8. The number of likely N-dealkylation sites (tertiary alicyclic amines) is 1. The first-order valence-electron chi connectivity index (χ1n) is 14.9. The SMILES string of the molecule is CN1CCC(N2Cc3cc4[nH]c(-c5c(NC[C@@H](O)COc6cc(F)cc(F)c6Cl)cc[nH]c5=O)nc4cc3C2=O)CC1.O=C(O)C(F)(F)F. The van der Waals surface area contributed by atoms with Gasteiger partial charge in [-0.25, -0.2) is 18.6 Å². The third-order valence-corrected chi connectivity index (χ3v) is 8.39. The van der Waals surface area contributed by atoms with E-state index in [-0.39, 0.29) is 41.4 Å². The van der Waals surface area contributed by atoms with E-state index >= 15 is 0 Å². The van der Waals surface area contributed by atoms with Crippen molar-refractivity contribution in [3.8, 4) is 17.1 Å². The van der Waals surface area contributed by atoms with Gasteiger partial charge in [0.1, 0.15) is 46.5 Å². The number of anilines is 1. The van der Waals surface area contributed by atoms with Crippen LogP contribution in [0.1, 0.15) is 28.8 Å². The molecule has 1 saturated heterocycles. The van der Waals surface area contributed by atoms with Crippen LogP contribution in [0.25, 0.3) is 22.4 Å². The molecule has 5 N–H and O–H groups in total. The standard InChI is InChI=1S/C29H29ClF2N6O4.C2HF3O2/c1-37-6-3-17(4-7-37)38-13-15-8-22-23(11-19(15)29(38)41)36-27(35-22)25-21(2-5-33-28(25)40)34-12-18(39)14-42-24-10-16(31)9-20(32)26(24)30;3-2(4,5)1(6)7/h2,5,8-11,17-18,39H,3-4,6-7,12-14H2,1H3,(H,35,36)(H2,33,34,40);(H,6,7)/t18-;/m1./s1. The van der Waals surface area contributed by atoms with E-state index in [2.05, 4.69) is 32.2 Å². The van der Waals surface area contributed by atoms with Gasteiger partial charge in [-0.1, -0.05) is 11.6 Å². The number of hydrogen-bond donors (Lipinski definition) is 5. The molecular weight excluding hydrogens is 683 g/mol. The molecule has 0 aliphatic carbocycles. The van der Waals surface area contributed by atoms with Crippen LogP contribution in [-0.2, 0) is 11.3 Å². The molecule has 1 amide bonds. The highest BCUT2D eigenvalue weighted by Crippen LogP contribution is 2.33. The second kappa shape index (κ2) is 14.4. The van der Waals surface area contributed by atoms with Crippen molar-refractivity contribution in [2.45, 2.75) is 37.7 Å². The first-order valence-corrected chi connectivity index (χ1v) is 15.2. The summed E-state index contributed by atoms with van der Waals surface area (Å²) >= 11 is 5.81. The predicted molar refractivity (Wildman–Crippen MR) is 168 cm³/mol. The molecule has 1 atom stereocenters. The van der Waals surface area contributed by atoms with E-state index in [1.165, 1.54) is 6.20 Å². The van der Waals surface area contributed by atoms with Crippen LogP contribution >= 0.6 is 11.6 Å². The first-order chi connectivity index (χ1) is 23.1. The summed E-state index contributed by atoms with van der Waals surface area (Å²) in [5.74, 6) is -4.51. The molecule has 2 aromatic carbocycles. The van der Waals surface area contributed by atoms with E-state index < -0.39 is 35.4 Å². The molecule has 12 nitrogen and oxygen atoms in total. The van der Waals surface area contributed by atoms with Gasteiger partial charge in [-0.15, -0.1) is 0 Å². The first kappa shape index (κ1) is 35.6. The molecule has 0 bridgehead atoms. The van der Waals surface area contributed by atoms with Gasteiger partial charge < -0.3 is 40.0 Å². The number of nitrogens with zero attached hydrogens (tertiary/aromatic N) is 3. The summed E-state index contributed by atoms with van der Waals surface area (Å²) in [6.07, 6.45) is -2.85. The summed E-state index contributed by atoms with van der Waals surface area (Å²) in [6.45, 7) is 2.10.